The Balaban J connectivity index is 2.26. The van der Waals surface area contributed by atoms with Crippen LogP contribution in [-0.2, 0) is 0 Å². The summed E-state index contributed by atoms with van der Waals surface area (Å²) in [6.07, 6.45) is 0. The molecule has 3 N–H and O–H groups in total. The molecule has 6 heteroatoms. The van der Waals surface area contributed by atoms with Crippen LogP contribution < -0.4 is 10.1 Å². The first kappa shape index (κ1) is 14.0. The molecule has 0 saturated heterocycles. The van der Waals surface area contributed by atoms with E-state index in [0.717, 1.165) is 0 Å². The van der Waals surface area contributed by atoms with Crippen LogP contribution in [0.1, 0.15) is 10.4 Å². The SMILES string of the molecule is COc1ccc(NC(=O)c2c(O)cccc2O)cc1Cl. The lowest BCUT2D eigenvalue weighted by atomic mass is 10.1. The van der Waals surface area contributed by atoms with E-state index in [9.17, 15) is 15.0 Å². The Bertz CT molecular complexity index is 637. The average molecular weight is 294 g/mol. The van der Waals surface area contributed by atoms with Gasteiger partial charge in [0.2, 0.25) is 0 Å². The number of nitrogens with one attached hydrogen (secondary N) is 1. The van der Waals surface area contributed by atoms with E-state index in [-0.39, 0.29) is 17.1 Å². The van der Waals surface area contributed by atoms with Crippen molar-refractivity contribution in [2.24, 2.45) is 0 Å². The zero-order chi connectivity index (χ0) is 14.7. The summed E-state index contributed by atoms with van der Waals surface area (Å²) in [5, 5.41) is 22.1. The minimum Gasteiger partial charge on any atom is -0.507 e. The second-order valence-corrected chi connectivity index (χ2v) is 4.38. The van der Waals surface area contributed by atoms with Gasteiger partial charge in [-0.05, 0) is 30.3 Å². The summed E-state index contributed by atoms with van der Waals surface area (Å²) >= 11 is 5.95. The number of benzene rings is 2. The quantitative estimate of drug-likeness (QED) is 0.813. The van der Waals surface area contributed by atoms with Gasteiger partial charge in [-0.15, -0.1) is 0 Å². The van der Waals surface area contributed by atoms with E-state index in [1.165, 1.54) is 31.4 Å². The van der Waals surface area contributed by atoms with Gasteiger partial charge in [0.1, 0.15) is 22.8 Å². The standard InChI is InChI=1S/C14H12ClNO4/c1-20-12-6-5-8(7-9(12)15)16-14(19)13-10(17)3-2-4-11(13)18/h2-7,17-18H,1H3,(H,16,19). The fourth-order valence-corrected chi connectivity index (χ4v) is 1.96. The lowest BCUT2D eigenvalue weighted by Crippen LogP contribution is -2.12. The molecule has 0 spiro atoms. The molecule has 20 heavy (non-hydrogen) atoms. The Labute approximate surface area is 120 Å². The van der Waals surface area contributed by atoms with Crippen molar-refractivity contribution in [3.05, 3.63) is 47.0 Å². The maximum atomic E-state index is 12.0. The van der Waals surface area contributed by atoms with Crippen LogP contribution >= 0.6 is 11.6 Å². The van der Waals surface area contributed by atoms with Crippen LogP contribution in [0.2, 0.25) is 5.02 Å². The second kappa shape index (κ2) is 5.71. The van der Waals surface area contributed by atoms with E-state index >= 15 is 0 Å². The summed E-state index contributed by atoms with van der Waals surface area (Å²) in [4.78, 5) is 12.0. The van der Waals surface area contributed by atoms with Crippen molar-refractivity contribution in [2.45, 2.75) is 0 Å². The molecule has 0 radical (unpaired) electrons. The van der Waals surface area contributed by atoms with Crippen LogP contribution in [0.5, 0.6) is 17.2 Å². The Morgan fingerprint density at radius 1 is 1.20 bits per heavy atom. The van der Waals surface area contributed by atoms with Crippen LogP contribution in [-0.4, -0.2) is 23.2 Å². The third kappa shape index (κ3) is 2.78. The molecular weight excluding hydrogens is 282 g/mol. The lowest BCUT2D eigenvalue weighted by Gasteiger charge is -2.10. The summed E-state index contributed by atoms with van der Waals surface area (Å²) in [5.41, 5.74) is 0.225. The van der Waals surface area contributed by atoms with Gasteiger partial charge >= 0.3 is 0 Å². The van der Waals surface area contributed by atoms with E-state index in [4.69, 9.17) is 16.3 Å². The molecule has 1 amide bonds. The van der Waals surface area contributed by atoms with Gasteiger partial charge in [0.25, 0.3) is 5.91 Å². The van der Waals surface area contributed by atoms with Crippen LogP contribution in [0.3, 0.4) is 0 Å². The van der Waals surface area contributed by atoms with Crippen molar-refractivity contribution < 1.29 is 19.7 Å². The van der Waals surface area contributed by atoms with Gasteiger partial charge in [-0.3, -0.25) is 4.79 Å². The number of rotatable bonds is 3. The molecule has 0 aromatic heterocycles. The molecule has 0 bridgehead atoms. The number of phenols is 2. The highest BCUT2D eigenvalue weighted by atomic mass is 35.5. The molecule has 104 valence electrons. The first-order valence-electron chi connectivity index (χ1n) is 5.68. The van der Waals surface area contributed by atoms with Gasteiger partial charge in [0.05, 0.1) is 12.1 Å². The minimum absolute atomic E-state index is 0.195. The number of aromatic hydroxyl groups is 2. The first-order valence-corrected chi connectivity index (χ1v) is 6.06. The van der Waals surface area contributed by atoms with E-state index in [0.29, 0.717) is 16.5 Å². The molecule has 0 aliphatic carbocycles. The molecular formula is C14H12ClNO4. The number of hydrogen-bond acceptors (Lipinski definition) is 4. The predicted molar refractivity (Wildman–Crippen MR) is 75.7 cm³/mol. The lowest BCUT2D eigenvalue weighted by molar-refractivity contribution is 0.102. The fourth-order valence-electron chi connectivity index (χ4n) is 1.70. The number of amides is 1. The highest BCUT2D eigenvalue weighted by Gasteiger charge is 2.16. The van der Waals surface area contributed by atoms with Crippen LogP contribution in [0.25, 0.3) is 0 Å². The zero-order valence-corrected chi connectivity index (χ0v) is 11.3. The third-order valence-electron chi connectivity index (χ3n) is 2.66. The van der Waals surface area contributed by atoms with Gasteiger partial charge in [-0.1, -0.05) is 17.7 Å². The molecule has 2 aromatic carbocycles. The fraction of sp³-hybridized carbons (Fsp3) is 0.0714. The van der Waals surface area contributed by atoms with Gasteiger partial charge in [0.15, 0.2) is 0 Å². The number of hydrogen-bond donors (Lipinski definition) is 3. The molecule has 5 nitrogen and oxygen atoms in total. The number of ether oxygens (including phenoxy) is 1. The van der Waals surface area contributed by atoms with Crippen molar-refractivity contribution in [2.75, 3.05) is 12.4 Å². The predicted octanol–water partition coefficient (Wildman–Crippen LogP) is 3.01. The molecule has 0 unspecified atom stereocenters. The summed E-state index contributed by atoms with van der Waals surface area (Å²) in [7, 11) is 1.49. The van der Waals surface area contributed by atoms with Crippen molar-refractivity contribution in [3.8, 4) is 17.2 Å². The van der Waals surface area contributed by atoms with E-state index < -0.39 is 5.91 Å². The van der Waals surface area contributed by atoms with Crippen LogP contribution in [0.15, 0.2) is 36.4 Å². The van der Waals surface area contributed by atoms with Gasteiger partial charge < -0.3 is 20.3 Å². The number of methoxy groups -OCH3 is 1. The summed E-state index contributed by atoms with van der Waals surface area (Å²) in [6, 6.07) is 8.77. The topological polar surface area (TPSA) is 78.8 Å². The molecule has 0 aliphatic heterocycles. The monoisotopic (exact) mass is 293 g/mol. The number of carbonyl (C=O) groups is 1. The first-order chi connectivity index (χ1) is 9.52. The highest BCUT2D eigenvalue weighted by Crippen LogP contribution is 2.30. The highest BCUT2D eigenvalue weighted by molar-refractivity contribution is 6.32. The van der Waals surface area contributed by atoms with Gasteiger partial charge in [-0.2, -0.15) is 0 Å². The molecule has 2 aromatic rings. The minimum atomic E-state index is -0.637. The molecule has 0 heterocycles. The van der Waals surface area contributed by atoms with E-state index in [1.54, 1.807) is 12.1 Å². The van der Waals surface area contributed by atoms with Crippen LogP contribution in [0.4, 0.5) is 5.69 Å². The third-order valence-corrected chi connectivity index (χ3v) is 2.95. The number of carbonyl (C=O) groups excluding carboxylic acids is 1. The zero-order valence-electron chi connectivity index (χ0n) is 10.6. The number of halogens is 1. The number of anilines is 1. The summed E-state index contributed by atoms with van der Waals surface area (Å²) in [6.45, 7) is 0. The maximum Gasteiger partial charge on any atom is 0.263 e. The normalized spacial score (nSPS) is 10.1. The molecule has 0 saturated carbocycles. The molecule has 0 fully saturated rings. The Kier molecular flexibility index (Phi) is 4.00. The summed E-state index contributed by atoms with van der Waals surface area (Å²) < 4.78 is 5.00. The molecule has 2 rings (SSSR count). The summed E-state index contributed by atoms with van der Waals surface area (Å²) in [5.74, 6) is -0.763. The van der Waals surface area contributed by atoms with Crippen molar-refractivity contribution in [1.29, 1.82) is 0 Å². The molecule has 0 atom stereocenters. The smallest absolute Gasteiger partial charge is 0.263 e. The van der Waals surface area contributed by atoms with Crippen molar-refractivity contribution in [1.82, 2.24) is 0 Å². The maximum absolute atomic E-state index is 12.0. The van der Waals surface area contributed by atoms with Gasteiger partial charge in [-0.25, -0.2) is 0 Å². The van der Waals surface area contributed by atoms with Crippen molar-refractivity contribution in [3.63, 3.8) is 0 Å². The van der Waals surface area contributed by atoms with E-state index in [2.05, 4.69) is 5.32 Å². The van der Waals surface area contributed by atoms with Crippen LogP contribution in [0, 0.1) is 0 Å². The molecule has 0 aliphatic rings. The largest absolute Gasteiger partial charge is 0.507 e. The Morgan fingerprint density at radius 2 is 1.85 bits per heavy atom. The van der Waals surface area contributed by atoms with E-state index in [1.807, 2.05) is 0 Å². The second-order valence-electron chi connectivity index (χ2n) is 3.97. The Morgan fingerprint density at radius 3 is 2.40 bits per heavy atom. The van der Waals surface area contributed by atoms with Gasteiger partial charge in [0, 0.05) is 5.69 Å². The average Bonchev–Trinajstić information content (AvgIpc) is 2.38. The van der Waals surface area contributed by atoms with Crippen molar-refractivity contribution >= 4 is 23.2 Å². The number of phenolic OH excluding ortho intramolecular Hbond substituents is 2. The Hall–Kier alpha value is -2.40.